The first-order chi connectivity index (χ1) is 9.78. The minimum absolute atomic E-state index is 0.286. The van der Waals surface area contributed by atoms with Crippen molar-refractivity contribution < 1.29 is 13.9 Å². The predicted octanol–water partition coefficient (Wildman–Crippen LogP) is 1.64. The third-order valence-corrected chi connectivity index (χ3v) is 4.28. The van der Waals surface area contributed by atoms with Crippen LogP contribution in [0.15, 0.2) is 16.7 Å². The van der Waals surface area contributed by atoms with Gasteiger partial charge in [0.05, 0.1) is 19.4 Å². The Hall–Kier alpha value is -1.33. The lowest BCUT2D eigenvalue weighted by Crippen LogP contribution is -2.40. The number of fused-ring (bicyclic) bond motifs is 1. The van der Waals surface area contributed by atoms with E-state index in [9.17, 15) is 4.79 Å². The van der Waals surface area contributed by atoms with E-state index in [0.29, 0.717) is 24.8 Å². The van der Waals surface area contributed by atoms with E-state index in [1.807, 2.05) is 6.92 Å². The standard InChI is InChI=1S/C15H22N2O3/c1-2-19-15(18)12-5-7-20-14(12)10-17-8-11-4-3-6-16-13(11)9-17/h5,7,11,13,16H,2-4,6,8-10H2,1H3/t11-,13+/m0/s1. The number of esters is 1. The zero-order valence-corrected chi connectivity index (χ0v) is 11.9. The van der Waals surface area contributed by atoms with Crippen LogP contribution in [0.2, 0.25) is 0 Å². The van der Waals surface area contributed by atoms with Crippen molar-refractivity contribution in [3.05, 3.63) is 23.7 Å². The van der Waals surface area contributed by atoms with Crippen molar-refractivity contribution in [3.8, 4) is 0 Å². The largest absolute Gasteiger partial charge is 0.467 e. The molecule has 110 valence electrons. The summed E-state index contributed by atoms with van der Waals surface area (Å²) in [4.78, 5) is 14.2. The Kier molecular flexibility index (Phi) is 4.08. The summed E-state index contributed by atoms with van der Waals surface area (Å²) in [6.45, 7) is 6.14. The van der Waals surface area contributed by atoms with Crippen LogP contribution in [0.3, 0.4) is 0 Å². The summed E-state index contributed by atoms with van der Waals surface area (Å²) in [5.74, 6) is 1.18. The van der Waals surface area contributed by atoms with Crippen LogP contribution in [0.4, 0.5) is 0 Å². The first kappa shape index (κ1) is 13.6. The fraction of sp³-hybridized carbons (Fsp3) is 0.667. The van der Waals surface area contributed by atoms with E-state index in [4.69, 9.17) is 9.15 Å². The number of furan rings is 1. The molecule has 0 unspecified atom stereocenters. The minimum Gasteiger partial charge on any atom is -0.467 e. The third kappa shape index (κ3) is 2.74. The topological polar surface area (TPSA) is 54.7 Å². The molecule has 0 spiro atoms. The molecule has 0 amide bonds. The smallest absolute Gasteiger partial charge is 0.341 e. The molecule has 2 atom stereocenters. The van der Waals surface area contributed by atoms with Crippen LogP contribution in [0.5, 0.6) is 0 Å². The molecule has 3 rings (SSSR count). The molecule has 0 saturated carbocycles. The normalized spacial score (nSPS) is 26.4. The fourth-order valence-electron chi connectivity index (χ4n) is 3.32. The Morgan fingerprint density at radius 3 is 3.25 bits per heavy atom. The third-order valence-electron chi connectivity index (χ3n) is 4.28. The number of nitrogens with zero attached hydrogens (tertiary/aromatic N) is 1. The molecule has 1 aromatic heterocycles. The average Bonchev–Trinajstić information content (AvgIpc) is 3.05. The maximum Gasteiger partial charge on any atom is 0.341 e. The van der Waals surface area contributed by atoms with Crippen LogP contribution < -0.4 is 5.32 Å². The molecule has 5 nitrogen and oxygen atoms in total. The molecule has 1 N–H and O–H groups in total. The summed E-state index contributed by atoms with van der Waals surface area (Å²) in [7, 11) is 0. The summed E-state index contributed by atoms with van der Waals surface area (Å²) in [6, 6.07) is 2.30. The van der Waals surface area contributed by atoms with Gasteiger partial charge in [0.2, 0.25) is 0 Å². The van der Waals surface area contributed by atoms with Gasteiger partial charge in [0.25, 0.3) is 0 Å². The van der Waals surface area contributed by atoms with Gasteiger partial charge in [-0.05, 0) is 38.3 Å². The van der Waals surface area contributed by atoms with Gasteiger partial charge in [-0.1, -0.05) is 0 Å². The van der Waals surface area contributed by atoms with Gasteiger partial charge < -0.3 is 14.5 Å². The Bertz CT molecular complexity index is 457. The summed E-state index contributed by atoms with van der Waals surface area (Å²) in [5, 5.41) is 3.58. The Labute approximate surface area is 119 Å². The predicted molar refractivity (Wildman–Crippen MR) is 74.5 cm³/mol. The van der Waals surface area contributed by atoms with Crippen molar-refractivity contribution in [3.63, 3.8) is 0 Å². The van der Waals surface area contributed by atoms with Gasteiger partial charge in [-0.2, -0.15) is 0 Å². The van der Waals surface area contributed by atoms with Crippen molar-refractivity contribution in [2.24, 2.45) is 5.92 Å². The molecule has 2 fully saturated rings. The van der Waals surface area contributed by atoms with Crippen molar-refractivity contribution in [2.75, 3.05) is 26.2 Å². The monoisotopic (exact) mass is 278 g/mol. The second kappa shape index (κ2) is 5.97. The van der Waals surface area contributed by atoms with E-state index >= 15 is 0 Å². The lowest BCUT2D eigenvalue weighted by molar-refractivity contribution is 0.0522. The summed E-state index contributed by atoms with van der Waals surface area (Å²) >= 11 is 0. The number of hydrogen-bond acceptors (Lipinski definition) is 5. The molecule has 2 saturated heterocycles. The Balaban J connectivity index is 1.64. The molecular formula is C15H22N2O3. The van der Waals surface area contributed by atoms with Crippen LogP contribution in [0, 0.1) is 5.92 Å². The number of hydrogen-bond donors (Lipinski definition) is 1. The Morgan fingerprint density at radius 2 is 2.45 bits per heavy atom. The van der Waals surface area contributed by atoms with E-state index in [1.54, 1.807) is 12.3 Å². The number of ether oxygens (including phenoxy) is 1. The molecule has 5 heteroatoms. The molecule has 2 aliphatic heterocycles. The number of carbonyl (C=O) groups is 1. The maximum absolute atomic E-state index is 11.8. The second-order valence-corrected chi connectivity index (χ2v) is 5.63. The lowest BCUT2D eigenvalue weighted by atomic mass is 9.94. The van der Waals surface area contributed by atoms with Gasteiger partial charge in [0.1, 0.15) is 11.3 Å². The first-order valence-corrected chi connectivity index (χ1v) is 7.47. The number of carbonyl (C=O) groups excluding carboxylic acids is 1. The van der Waals surface area contributed by atoms with Crippen molar-refractivity contribution >= 4 is 5.97 Å². The summed E-state index contributed by atoms with van der Waals surface area (Å²) in [6.07, 6.45) is 4.14. The van der Waals surface area contributed by atoms with Gasteiger partial charge in [0.15, 0.2) is 0 Å². The van der Waals surface area contributed by atoms with Gasteiger partial charge in [0, 0.05) is 19.1 Å². The van der Waals surface area contributed by atoms with Crippen LogP contribution >= 0.6 is 0 Å². The number of nitrogens with one attached hydrogen (secondary N) is 1. The first-order valence-electron chi connectivity index (χ1n) is 7.47. The zero-order chi connectivity index (χ0) is 13.9. The quantitative estimate of drug-likeness (QED) is 0.849. The zero-order valence-electron chi connectivity index (χ0n) is 11.9. The molecule has 0 aliphatic carbocycles. The van der Waals surface area contributed by atoms with E-state index < -0.39 is 0 Å². The highest BCUT2D eigenvalue weighted by Crippen LogP contribution is 2.27. The van der Waals surface area contributed by atoms with E-state index in [2.05, 4.69) is 10.2 Å². The molecule has 0 bridgehead atoms. The number of rotatable bonds is 4. The van der Waals surface area contributed by atoms with Crippen LogP contribution in [-0.4, -0.2) is 43.2 Å². The van der Waals surface area contributed by atoms with Gasteiger partial charge >= 0.3 is 5.97 Å². The summed E-state index contributed by atoms with van der Waals surface area (Å²) < 4.78 is 10.5. The number of likely N-dealkylation sites (tertiary alicyclic amines) is 1. The van der Waals surface area contributed by atoms with Crippen LogP contribution in [0.25, 0.3) is 0 Å². The molecule has 1 aromatic rings. The maximum atomic E-state index is 11.8. The molecule has 2 aliphatic rings. The molecule has 3 heterocycles. The number of piperidine rings is 1. The summed E-state index contributed by atoms with van der Waals surface area (Å²) in [5.41, 5.74) is 0.565. The highest BCUT2D eigenvalue weighted by Gasteiger charge is 2.34. The second-order valence-electron chi connectivity index (χ2n) is 5.63. The van der Waals surface area contributed by atoms with E-state index in [-0.39, 0.29) is 5.97 Å². The van der Waals surface area contributed by atoms with E-state index in [0.717, 1.165) is 31.3 Å². The van der Waals surface area contributed by atoms with Crippen molar-refractivity contribution in [2.45, 2.75) is 32.4 Å². The Morgan fingerprint density at radius 1 is 1.55 bits per heavy atom. The minimum atomic E-state index is -0.286. The van der Waals surface area contributed by atoms with Crippen LogP contribution in [-0.2, 0) is 11.3 Å². The van der Waals surface area contributed by atoms with Gasteiger partial charge in [-0.3, -0.25) is 4.90 Å². The van der Waals surface area contributed by atoms with Gasteiger partial charge in [-0.15, -0.1) is 0 Å². The highest BCUT2D eigenvalue weighted by atomic mass is 16.5. The van der Waals surface area contributed by atoms with E-state index in [1.165, 1.54) is 12.8 Å². The van der Waals surface area contributed by atoms with Gasteiger partial charge in [-0.25, -0.2) is 4.79 Å². The van der Waals surface area contributed by atoms with Crippen LogP contribution in [0.1, 0.15) is 35.9 Å². The van der Waals surface area contributed by atoms with Crippen molar-refractivity contribution in [1.29, 1.82) is 0 Å². The van der Waals surface area contributed by atoms with Crippen molar-refractivity contribution in [1.82, 2.24) is 10.2 Å². The molecule has 20 heavy (non-hydrogen) atoms. The molecule has 0 radical (unpaired) electrons. The SMILES string of the molecule is CCOC(=O)c1ccoc1CN1C[C@@H]2CCCN[C@@H]2C1. The molecule has 0 aromatic carbocycles. The molecular weight excluding hydrogens is 256 g/mol. The fourth-order valence-corrected chi connectivity index (χ4v) is 3.32. The average molecular weight is 278 g/mol. The highest BCUT2D eigenvalue weighted by molar-refractivity contribution is 5.90. The lowest BCUT2D eigenvalue weighted by Gasteiger charge is -2.24.